The number of carbonyl (C=O) groups is 1. The molecule has 0 spiro atoms. The third-order valence-corrected chi connectivity index (χ3v) is 4.27. The summed E-state index contributed by atoms with van der Waals surface area (Å²) in [4.78, 5) is 26.2. The number of amides is 1. The Labute approximate surface area is 159 Å². The summed E-state index contributed by atoms with van der Waals surface area (Å²) in [6.45, 7) is 1.22. The fourth-order valence-corrected chi connectivity index (χ4v) is 2.63. The van der Waals surface area contributed by atoms with Crippen molar-refractivity contribution >= 4 is 23.0 Å². The molecule has 144 valence electrons. The Morgan fingerprint density at radius 3 is 2.22 bits per heavy atom. The molecule has 1 amide bonds. The van der Waals surface area contributed by atoms with Crippen LogP contribution in [0, 0.1) is 10.1 Å². The van der Waals surface area contributed by atoms with E-state index in [0.717, 1.165) is 16.9 Å². The van der Waals surface area contributed by atoms with Crippen LogP contribution < -0.4 is 10.2 Å². The van der Waals surface area contributed by atoms with Gasteiger partial charge in [-0.2, -0.15) is 0 Å². The molecule has 0 unspecified atom stereocenters. The van der Waals surface area contributed by atoms with Gasteiger partial charge in [0.15, 0.2) is 0 Å². The molecule has 7 nitrogen and oxygen atoms in total. The minimum Gasteiger partial charge on any atom is -0.385 e. The SMILES string of the molecule is CN(Cc1ccc(N(C)C)cc1)C(=O)CCCNc1ccc([N+](=O)[O-])cc1. The Morgan fingerprint density at radius 2 is 1.67 bits per heavy atom. The summed E-state index contributed by atoms with van der Waals surface area (Å²) >= 11 is 0. The van der Waals surface area contributed by atoms with Gasteiger partial charge in [-0.1, -0.05) is 12.1 Å². The molecule has 0 heterocycles. The Balaban J connectivity index is 1.72. The standard InChI is InChI=1S/C20H26N4O3/c1-22(2)18-10-6-16(7-11-18)15-23(3)20(25)5-4-14-21-17-8-12-19(13-9-17)24(26)27/h6-13,21H,4-5,14-15H2,1-3H3. The number of nitrogens with one attached hydrogen (secondary N) is 1. The van der Waals surface area contributed by atoms with Gasteiger partial charge < -0.3 is 15.1 Å². The number of hydrogen-bond acceptors (Lipinski definition) is 5. The van der Waals surface area contributed by atoms with Gasteiger partial charge in [-0.15, -0.1) is 0 Å². The summed E-state index contributed by atoms with van der Waals surface area (Å²) in [5.74, 6) is 0.0946. The summed E-state index contributed by atoms with van der Waals surface area (Å²) in [5.41, 5.74) is 3.10. The molecule has 0 aliphatic carbocycles. The van der Waals surface area contributed by atoms with Gasteiger partial charge in [-0.3, -0.25) is 14.9 Å². The van der Waals surface area contributed by atoms with Crippen molar-refractivity contribution in [2.24, 2.45) is 0 Å². The Kier molecular flexibility index (Phi) is 7.16. The molecular formula is C20H26N4O3. The first-order valence-electron chi connectivity index (χ1n) is 8.85. The smallest absolute Gasteiger partial charge is 0.269 e. The lowest BCUT2D eigenvalue weighted by molar-refractivity contribution is -0.384. The number of nitro benzene ring substituents is 1. The molecule has 0 aliphatic heterocycles. The number of nitrogens with zero attached hydrogens (tertiary/aromatic N) is 3. The number of non-ortho nitro benzene ring substituents is 1. The number of anilines is 2. The Bertz CT molecular complexity index is 758. The molecule has 27 heavy (non-hydrogen) atoms. The van der Waals surface area contributed by atoms with E-state index in [4.69, 9.17) is 0 Å². The highest BCUT2D eigenvalue weighted by molar-refractivity contribution is 5.75. The van der Waals surface area contributed by atoms with E-state index < -0.39 is 4.92 Å². The van der Waals surface area contributed by atoms with E-state index in [-0.39, 0.29) is 11.6 Å². The molecule has 0 atom stereocenters. The van der Waals surface area contributed by atoms with Crippen molar-refractivity contribution in [2.45, 2.75) is 19.4 Å². The maximum atomic E-state index is 12.3. The molecule has 0 saturated carbocycles. The van der Waals surface area contributed by atoms with E-state index in [0.29, 0.717) is 25.9 Å². The third-order valence-electron chi connectivity index (χ3n) is 4.27. The normalized spacial score (nSPS) is 10.3. The summed E-state index contributed by atoms with van der Waals surface area (Å²) in [6.07, 6.45) is 1.14. The van der Waals surface area contributed by atoms with Gasteiger partial charge in [-0.25, -0.2) is 0 Å². The first-order chi connectivity index (χ1) is 12.9. The highest BCUT2D eigenvalue weighted by atomic mass is 16.6. The maximum Gasteiger partial charge on any atom is 0.269 e. The third kappa shape index (κ3) is 6.29. The highest BCUT2D eigenvalue weighted by Gasteiger charge is 2.09. The van der Waals surface area contributed by atoms with Crippen LogP contribution in [0.5, 0.6) is 0 Å². The molecule has 2 rings (SSSR count). The fourth-order valence-electron chi connectivity index (χ4n) is 2.63. The number of rotatable bonds is 9. The van der Waals surface area contributed by atoms with Crippen LogP contribution in [0.1, 0.15) is 18.4 Å². The molecule has 0 bridgehead atoms. The number of nitro groups is 1. The van der Waals surface area contributed by atoms with Crippen molar-refractivity contribution in [1.29, 1.82) is 0 Å². The minimum absolute atomic E-state index is 0.0657. The highest BCUT2D eigenvalue weighted by Crippen LogP contribution is 2.16. The van der Waals surface area contributed by atoms with Crippen molar-refractivity contribution in [2.75, 3.05) is 37.9 Å². The predicted molar refractivity (Wildman–Crippen MR) is 108 cm³/mol. The van der Waals surface area contributed by atoms with E-state index in [2.05, 4.69) is 5.32 Å². The van der Waals surface area contributed by atoms with Crippen molar-refractivity contribution in [1.82, 2.24) is 4.90 Å². The number of carbonyl (C=O) groups excluding carboxylic acids is 1. The lowest BCUT2D eigenvalue weighted by atomic mass is 10.2. The van der Waals surface area contributed by atoms with Crippen LogP contribution in [0.15, 0.2) is 48.5 Å². The van der Waals surface area contributed by atoms with Crippen LogP contribution in [0.2, 0.25) is 0 Å². The maximum absolute atomic E-state index is 12.3. The monoisotopic (exact) mass is 370 g/mol. The second kappa shape index (κ2) is 9.56. The summed E-state index contributed by atoms with van der Waals surface area (Å²) in [5, 5.41) is 13.8. The second-order valence-electron chi connectivity index (χ2n) is 6.64. The average Bonchev–Trinajstić information content (AvgIpc) is 2.65. The average molecular weight is 370 g/mol. The van der Waals surface area contributed by atoms with Crippen molar-refractivity contribution in [3.63, 3.8) is 0 Å². The largest absolute Gasteiger partial charge is 0.385 e. The fraction of sp³-hybridized carbons (Fsp3) is 0.350. The molecule has 7 heteroatoms. The number of benzene rings is 2. The Morgan fingerprint density at radius 1 is 1.04 bits per heavy atom. The van der Waals surface area contributed by atoms with Crippen LogP contribution in [0.3, 0.4) is 0 Å². The lowest BCUT2D eigenvalue weighted by Gasteiger charge is -2.18. The van der Waals surface area contributed by atoms with Gasteiger partial charge in [0.2, 0.25) is 5.91 Å². The van der Waals surface area contributed by atoms with Gasteiger partial charge in [0.25, 0.3) is 5.69 Å². The number of hydrogen-bond donors (Lipinski definition) is 1. The van der Waals surface area contributed by atoms with E-state index in [1.807, 2.05) is 50.3 Å². The van der Waals surface area contributed by atoms with E-state index >= 15 is 0 Å². The van der Waals surface area contributed by atoms with Crippen molar-refractivity contribution < 1.29 is 9.72 Å². The van der Waals surface area contributed by atoms with Crippen molar-refractivity contribution in [3.05, 3.63) is 64.2 Å². The summed E-state index contributed by atoms with van der Waals surface area (Å²) in [7, 11) is 5.80. The van der Waals surface area contributed by atoms with E-state index in [1.54, 1.807) is 17.0 Å². The van der Waals surface area contributed by atoms with Gasteiger partial charge in [0.1, 0.15) is 0 Å². The van der Waals surface area contributed by atoms with Gasteiger partial charge >= 0.3 is 0 Å². The van der Waals surface area contributed by atoms with Crippen molar-refractivity contribution in [3.8, 4) is 0 Å². The summed E-state index contributed by atoms with van der Waals surface area (Å²) in [6, 6.07) is 14.4. The molecular weight excluding hydrogens is 344 g/mol. The first kappa shape index (κ1) is 20.2. The van der Waals surface area contributed by atoms with Crippen LogP contribution >= 0.6 is 0 Å². The zero-order valence-electron chi connectivity index (χ0n) is 16.0. The first-order valence-corrected chi connectivity index (χ1v) is 8.85. The van der Waals surface area contributed by atoms with Gasteiger partial charge in [0.05, 0.1) is 4.92 Å². The van der Waals surface area contributed by atoms with Crippen LogP contribution in [-0.4, -0.2) is 43.4 Å². The van der Waals surface area contributed by atoms with Gasteiger partial charge in [0, 0.05) is 64.2 Å². The van der Waals surface area contributed by atoms with E-state index in [9.17, 15) is 14.9 Å². The van der Waals surface area contributed by atoms with Gasteiger partial charge in [-0.05, 0) is 36.2 Å². The summed E-state index contributed by atoms with van der Waals surface area (Å²) < 4.78 is 0. The molecule has 0 fully saturated rings. The zero-order chi connectivity index (χ0) is 19.8. The van der Waals surface area contributed by atoms with E-state index in [1.165, 1.54) is 12.1 Å². The topological polar surface area (TPSA) is 78.7 Å². The quantitative estimate of drug-likeness (QED) is 0.415. The molecule has 2 aromatic carbocycles. The zero-order valence-corrected chi connectivity index (χ0v) is 16.0. The van der Waals surface area contributed by atoms with Crippen LogP contribution in [0.25, 0.3) is 0 Å². The van der Waals surface area contributed by atoms with Crippen LogP contribution in [-0.2, 0) is 11.3 Å². The Hall–Kier alpha value is -3.09. The minimum atomic E-state index is -0.424. The van der Waals surface area contributed by atoms with Crippen LogP contribution in [0.4, 0.5) is 17.1 Å². The molecule has 0 saturated heterocycles. The molecule has 2 aromatic rings. The molecule has 0 radical (unpaired) electrons. The molecule has 0 aliphatic rings. The second-order valence-corrected chi connectivity index (χ2v) is 6.64. The molecule has 1 N–H and O–H groups in total. The molecule has 0 aromatic heterocycles. The lowest BCUT2D eigenvalue weighted by Crippen LogP contribution is -2.26. The predicted octanol–water partition coefficient (Wildman–Crippen LogP) is 3.51.